The van der Waals surface area contributed by atoms with Gasteiger partial charge < -0.3 is 10.1 Å². The Bertz CT molecular complexity index is 398. The highest BCUT2D eigenvalue weighted by Crippen LogP contribution is 2.20. The van der Waals surface area contributed by atoms with Crippen molar-refractivity contribution < 1.29 is 22.3 Å². The predicted octanol–water partition coefficient (Wildman–Crippen LogP) is 3.23. The van der Waals surface area contributed by atoms with Crippen LogP contribution in [0, 0.1) is 5.82 Å². The van der Waals surface area contributed by atoms with Crippen LogP contribution >= 0.6 is 0 Å². The molecule has 1 atom stereocenters. The molecule has 0 saturated heterocycles. The molecule has 0 aliphatic carbocycles. The van der Waals surface area contributed by atoms with Crippen LogP contribution in [0.15, 0.2) is 18.5 Å². The Morgan fingerprint density at radius 1 is 1.40 bits per heavy atom. The highest BCUT2D eigenvalue weighted by atomic mass is 19.4. The topological polar surface area (TPSA) is 34.1 Å². The zero-order valence-corrected chi connectivity index (χ0v) is 11.2. The number of hydrogen-bond donors (Lipinski definition) is 1. The maximum atomic E-state index is 13.6. The van der Waals surface area contributed by atoms with Gasteiger partial charge in [0.05, 0.1) is 6.20 Å². The SMILES string of the molecule is CCCNC(CCOCC(F)(F)F)c1ccncc1F. The van der Waals surface area contributed by atoms with Crippen molar-refractivity contribution in [1.82, 2.24) is 10.3 Å². The van der Waals surface area contributed by atoms with Crippen molar-refractivity contribution >= 4 is 0 Å². The van der Waals surface area contributed by atoms with E-state index in [1.54, 1.807) is 0 Å². The lowest BCUT2D eigenvalue weighted by molar-refractivity contribution is -0.174. The second kappa shape index (κ2) is 8.16. The van der Waals surface area contributed by atoms with Gasteiger partial charge in [0.2, 0.25) is 0 Å². The molecule has 0 amide bonds. The van der Waals surface area contributed by atoms with E-state index in [0.717, 1.165) is 12.6 Å². The third-order valence-corrected chi connectivity index (χ3v) is 2.64. The van der Waals surface area contributed by atoms with Crippen LogP contribution in [-0.4, -0.2) is 30.9 Å². The van der Waals surface area contributed by atoms with E-state index in [2.05, 4.69) is 15.0 Å². The highest BCUT2D eigenvalue weighted by Gasteiger charge is 2.27. The van der Waals surface area contributed by atoms with Gasteiger partial charge in [-0.3, -0.25) is 4.98 Å². The van der Waals surface area contributed by atoms with Gasteiger partial charge in [-0.2, -0.15) is 13.2 Å². The first-order chi connectivity index (χ1) is 9.44. The van der Waals surface area contributed by atoms with E-state index in [1.807, 2.05) is 6.92 Å². The van der Waals surface area contributed by atoms with Crippen molar-refractivity contribution in [3.8, 4) is 0 Å². The van der Waals surface area contributed by atoms with Crippen LogP contribution in [0.4, 0.5) is 17.6 Å². The summed E-state index contributed by atoms with van der Waals surface area (Å²) in [5, 5.41) is 3.10. The van der Waals surface area contributed by atoms with E-state index in [9.17, 15) is 17.6 Å². The minimum absolute atomic E-state index is 0.0946. The smallest absolute Gasteiger partial charge is 0.372 e. The Morgan fingerprint density at radius 2 is 2.15 bits per heavy atom. The van der Waals surface area contributed by atoms with Crippen LogP contribution in [0.3, 0.4) is 0 Å². The first-order valence-electron chi connectivity index (χ1n) is 6.41. The van der Waals surface area contributed by atoms with Crippen molar-refractivity contribution in [1.29, 1.82) is 0 Å². The predicted molar refractivity (Wildman–Crippen MR) is 66.7 cm³/mol. The Morgan fingerprint density at radius 3 is 2.75 bits per heavy atom. The molecule has 1 heterocycles. The van der Waals surface area contributed by atoms with Crippen LogP contribution in [0.25, 0.3) is 0 Å². The quantitative estimate of drug-likeness (QED) is 0.590. The summed E-state index contributed by atoms with van der Waals surface area (Å²) in [5.74, 6) is -0.475. The molecule has 1 aromatic rings. The highest BCUT2D eigenvalue weighted by molar-refractivity contribution is 5.17. The molecule has 1 unspecified atom stereocenters. The number of ether oxygens (including phenoxy) is 1. The molecule has 0 fully saturated rings. The molecule has 0 aliphatic heterocycles. The number of halogens is 4. The summed E-state index contributed by atoms with van der Waals surface area (Å²) in [5.41, 5.74) is 0.393. The Balaban J connectivity index is 2.55. The minimum atomic E-state index is -4.34. The summed E-state index contributed by atoms with van der Waals surface area (Å²) >= 11 is 0. The van der Waals surface area contributed by atoms with Gasteiger partial charge in [-0.05, 0) is 25.5 Å². The molecule has 1 N–H and O–H groups in total. The molecule has 0 aromatic carbocycles. The molecule has 114 valence electrons. The second-order valence-corrected chi connectivity index (χ2v) is 4.36. The molecule has 1 rings (SSSR count). The lowest BCUT2D eigenvalue weighted by Gasteiger charge is -2.19. The van der Waals surface area contributed by atoms with E-state index in [1.165, 1.54) is 12.3 Å². The maximum absolute atomic E-state index is 13.6. The standard InChI is InChI=1S/C13H18F4N2O/c1-2-5-19-12(4-7-20-9-13(15,16)17)10-3-6-18-8-11(10)14/h3,6,8,12,19H,2,4-5,7,9H2,1H3. The van der Waals surface area contributed by atoms with Gasteiger partial charge in [0.15, 0.2) is 0 Å². The van der Waals surface area contributed by atoms with Crippen LogP contribution in [0.2, 0.25) is 0 Å². The fourth-order valence-corrected chi connectivity index (χ4v) is 1.74. The summed E-state index contributed by atoms with van der Waals surface area (Å²) in [6, 6.07) is 1.14. The van der Waals surface area contributed by atoms with E-state index in [4.69, 9.17) is 0 Å². The van der Waals surface area contributed by atoms with Crippen molar-refractivity contribution in [2.24, 2.45) is 0 Å². The van der Waals surface area contributed by atoms with Crippen LogP contribution in [0.5, 0.6) is 0 Å². The molecule has 0 radical (unpaired) electrons. The second-order valence-electron chi connectivity index (χ2n) is 4.36. The molecule has 0 aliphatic rings. The maximum Gasteiger partial charge on any atom is 0.411 e. The van der Waals surface area contributed by atoms with Gasteiger partial charge in [-0.25, -0.2) is 4.39 Å². The number of rotatable bonds is 8. The third-order valence-electron chi connectivity index (χ3n) is 2.64. The summed E-state index contributed by atoms with van der Waals surface area (Å²) in [6.07, 6.45) is -0.694. The Hall–Kier alpha value is -1.21. The fourth-order valence-electron chi connectivity index (χ4n) is 1.74. The molecule has 0 saturated carbocycles. The van der Waals surface area contributed by atoms with Gasteiger partial charge in [0, 0.05) is 24.4 Å². The monoisotopic (exact) mass is 294 g/mol. The third kappa shape index (κ3) is 6.29. The fraction of sp³-hybridized carbons (Fsp3) is 0.615. The van der Waals surface area contributed by atoms with Gasteiger partial charge in [0.25, 0.3) is 0 Å². The van der Waals surface area contributed by atoms with Gasteiger partial charge >= 0.3 is 6.18 Å². The molecule has 0 spiro atoms. The van der Waals surface area contributed by atoms with Gasteiger partial charge in [0.1, 0.15) is 12.4 Å². The van der Waals surface area contributed by atoms with Crippen LogP contribution < -0.4 is 5.32 Å². The lowest BCUT2D eigenvalue weighted by atomic mass is 10.0. The van der Waals surface area contributed by atoms with Crippen molar-refractivity contribution in [3.05, 3.63) is 29.8 Å². The first kappa shape index (κ1) is 16.8. The van der Waals surface area contributed by atoms with Crippen molar-refractivity contribution in [3.63, 3.8) is 0 Å². The number of pyridine rings is 1. The lowest BCUT2D eigenvalue weighted by Crippen LogP contribution is -2.25. The summed E-state index contributed by atoms with van der Waals surface area (Å²) in [4.78, 5) is 3.65. The molecular formula is C13H18F4N2O. The molecule has 7 heteroatoms. The van der Waals surface area contributed by atoms with Crippen LogP contribution in [-0.2, 0) is 4.74 Å². The van der Waals surface area contributed by atoms with Crippen LogP contribution in [0.1, 0.15) is 31.4 Å². The van der Waals surface area contributed by atoms with E-state index in [-0.39, 0.29) is 19.1 Å². The Labute approximate surface area is 115 Å². The van der Waals surface area contributed by atoms with Gasteiger partial charge in [-0.15, -0.1) is 0 Å². The van der Waals surface area contributed by atoms with E-state index < -0.39 is 18.6 Å². The summed E-state index contributed by atoms with van der Waals surface area (Å²) in [7, 11) is 0. The molecule has 20 heavy (non-hydrogen) atoms. The summed E-state index contributed by atoms with van der Waals surface area (Å²) < 4.78 is 54.1. The van der Waals surface area contributed by atoms with Crippen molar-refractivity contribution in [2.45, 2.75) is 32.0 Å². The first-order valence-corrected chi connectivity index (χ1v) is 6.41. The zero-order chi connectivity index (χ0) is 15.0. The average Bonchev–Trinajstić information content (AvgIpc) is 2.38. The normalized spacial score (nSPS) is 13.4. The number of alkyl halides is 3. The number of hydrogen-bond acceptors (Lipinski definition) is 3. The summed E-state index contributed by atoms with van der Waals surface area (Å²) in [6.45, 7) is 1.22. The number of nitrogens with zero attached hydrogens (tertiary/aromatic N) is 1. The largest absolute Gasteiger partial charge is 0.411 e. The molecular weight excluding hydrogens is 276 g/mol. The molecule has 1 aromatic heterocycles. The molecule has 0 bridgehead atoms. The zero-order valence-electron chi connectivity index (χ0n) is 11.2. The Kier molecular flexibility index (Phi) is 6.87. The average molecular weight is 294 g/mol. The van der Waals surface area contributed by atoms with E-state index >= 15 is 0 Å². The van der Waals surface area contributed by atoms with Gasteiger partial charge in [-0.1, -0.05) is 6.92 Å². The van der Waals surface area contributed by atoms with E-state index in [0.29, 0.717) is 12.1 Å². The van der Waals surface area contributed by atoms with Crippen molar-refractivity contribution in [2.75, 3.05) is 19.8 Å². The number of aromatic nitrogens is 1. The minimum Gasteiger partial charge on any atom is -0.372 e. The number of nitrogens with one attached hydrogen (secondary N) is 1. The molecule has 3 nitrogen and oxygen atoms in total.